The Bertz CT molecular complexity index is 1760. The Morgan fingerprint density at radius 3 is 2.09 bits per heavy atom. The van der Waals surface area contributed by atoms with E-state index in [-0.39, 0.29) is 29.7 Å². The smallest absolute Gasteiger partial charge is 0.264 e. The van der Waals surface area contributed by atoms with Crippen LogP contribution in [0.25, 0.3) is 0 Å². The van der Waals surface area contributed by atoms with E-state index < -0.39 is 28.5 Å². The molecule has 7 nitrogen and oxygen atoms in total. The molecule has 2 amide bonds. The minimum Gasteiger partial charge on any atom is -0.354 e. The summed E-state index contributed by atoms with van der Waals surface area (Å²) < 4.78 is 29.5. The van der Waals surface area contributed by atoms with Gasteiger partial charge in [0.15, 0.2) is 0 Å². The van der Waals surface area contributed by atoms with E-state index in [0.717, 1.165) is 15.4 Å². The van der Waals surface area contributed by atoms with E-state index >= 15 is 0 Å². The first kappa shape index (κ1) is 35.0. The first-order valence-electron chi connectivity index (χ1n) is 15.1. The van der Waals surface area contributed by atoms with Crippen molar-refractivity contribution in [3.63, 3.8) is 0 Å². The molecule has 4 aromatic rings. The lowest BCUT2D eigenvalue weighted by atomic mass is 10.0. The number of amides is 2. The van der Waals surface area contributed by atoms with Gasteiger partial charge in [0.25, 0.3) is 10.0 Å². The highest BCUT2D eigenvalue weighted by Crippen LogP contribution is 2.29. The largest absolute Gasteiger partial charge is 0.354 e. The molecule has 46 heavy (non-hydrogen) atoms. The van der Waals surface area contributed by atoms with Crippen LogP contribution in [0.1, 0.15) is 36.1 Å². The van der Waals surface area contributed by atoms with Crippen LogP contribution in [0.3, 0.4) is 0 Å². The molecule has 1 N–H and O–H groups in total. The summed E-state index contributed by atoms with van der Waals surface area (Å²) in [6.45, 7) is 7.51. The van der Waals surface area contributed by atoms with Crippen LogP contribution in [0.2, 0.25) is 10.0 Å². The molecule has 0 heterocycles. The summed E-state index contributed by atoms with van der Waals surface area (Å²) in [6.07, 6.45) is 0.215. The zero-order valence-corrected chi connectivity index (χ0v) is 28.7. The molecule has 1 unspecified atom stereocenters. The number of nitrogens with one attached hydrogen (secondary N) is 1. The first-order valence-corrected chi connectivity index (χ1v) is 17.3. The number of rotatable bonds is 13. The lowest BCUT2D eigenvalue weighted by Crippen LogP contribution is -2.53. The molecular weight excluding hydrogens is 641 g/mol. The maximum absolute atomic E-state index is 14.6. The van der Waals surface area contributed by atoms with Crippen LogP contribution in [-0.2, 0) is 32.6 Å². The Morgan fingerprint density at radius 1 is 0.804 bits per heavy atom. The van der Waals surface area contributed by atoms with Gasteiger partial charge in [-0.1, -0.05) is 109 Å². The Labute approximate surface area is 282 Å². The van der Waals surface area contributed by atoms with E-state index in [1.807, 2.05) is 57.2 Å². The molecule has 0 bridgehead atoms. The van der Waals surface area contributed by atoms with Gasteiger partial charge in [-0.25, -0.2) is 8.42 Å². The maximum atomic E-state index is 14.6. The summed E-state index contributed by atoms with van der Waals surface area (Å²) in [7, 11) is -4.19. The van der Waals surface area contributed by atoms with Gasteiger partial charge in [-0.05, 0) is 66.8 Å². The number of aryl methyl sites for hydroxylation is 2. The van der Waals surface area contributed by atoms with Gasteiger partial charge in [0.1, 0.15) is 12.6 Å². The molecule has 4 rings (SSSR count). The van der Waals surface area contributed by atoms with Crippen LogP contribution >= 0.6 is 23.2 Å². The molecule has 0 saturated heterocycles. The van der Waals surface area contributed by atoms with Crippen molar-refractivity contribution in [2.75, 3.05) is 17.4 Å². The van der Waals surface area contributed by atoms with Gasteiger partial charge in [-0.3, -0.25) is 13.9 Å². The number of para-hydroxylation sites is 1. The molecule has 0 aliphatic rings. The third kappa shape index (κ3) is 8.90. The first-order chi connectivity index (χ1) is 21.9. The van der Waals surface area contributed by atoms with Crippen LogP contribution in [0.4, 0.5) is 5.69 Å². The molecule has 1 atom stereocenters. The molecule has 0 aliphatic heterocycles. The highest BCUT2D eigenvalue weighted by molar-refractivity contribution is 7.92. The molecule has 0 aromatic heterocycles. The normalized spacial score (nSPS) is 12.1. The van der Waals surface area contributed by atoms with Gasteiger partial charge in [-0.15, -0.1) is 0 Å². The second-order valence-corrected chi connectivity index (χ2v) is 14.4. The van der Waals surface area contributed by atoms with Crippen molar-refractivity contribution in [3.8, 4) is 0 Å². The number of sulfonamides is 1. The van der Waals surface area contributed by atoms with Crippen LogP contribution in [0.5, 0.6) is 0 Å². The minimum absolute atomic E-state index is 0.00544. The average Bonchev–Trinajstić information content (AvgIpc) is 3.03. The summed E-state index contributed by atoms with van der Waals surface area (Å²) in [6, 6.07) is 27.0. The van der Waals surface area contributed by atoms with Crippen molar-refractivity contribution in [2.45, 2.75) is 51.6 Å². The second-order valence-electron chi connectivity index (χ2n) is 11.7. The summed E-state index contributed by atoms with van der Waals surface area (Å²) in [5.74, 6) is -0.711. The van der Waals surface area contributed by atoms with E-state index in [1.165, 1.54) is 17.0 Å². The maximum Gasteiger partial charge on any atom is 0.264 e. The second kappa shape index (κ2) is 15.6. The third-order valence-electron chi connectivity index (χ3n) is 7.56. The molecule has 0 radical (unpaired) electrons. The van der Waals surface area contributed by atoms with Crippen molar-refractivity contribution < 1.29 is 18.0 Å². The number of benzene rings is 4. The van der Waals surface area contributed by atoms with E-state index in [0.29, 0.717) is 33.4 Å². The molecule has 0 saturated carbocycles. The number of anilines is 1. The standard InChI is InChI=1S/C36H39Cl2N3O4S/c1-25(2)22-39-36(43)34(21-28-11-6-5-7-12-28)40(23-29-16-19-31(37)32(38)20-29)35(42)24-41(33-13-9-8-10-27(33)4)46(44,45)30-17-14-26(3)15-18-30/h5-20,25,34H,21-24H2,1-4H3,(H,39,43). The summed E-state index contributed by atoms with van der Waals surface area (Å²) in [4.78, 5) is 30.0. The number of hydrogen-bond donors (Lipinski definition) is 1. The third-order valence-corrected chi connectivity index (χ3v) is 10.1. The quantitative estimate of drug-likeness (QED) is 0.162. The summed E-state index contributed by atoms with van der Waals surface area (Å²) >= 11 is 12.5. The fourth-order valence-electron chi connectivity index (χ4n) is 5.01. The molecule has 0 fully saturated rings. The number of hydrogen-bond acceptors (Lipinski definition) is 4. The van der Waals surface area contributed by atoms with Gasteiger partial charge in [0.05, 0.1) is 20.6 Å². The topological polar surface area (TPSA) is 86.8 Å². The molecule has 0 spiro atoms. The molecule has 4 aromatic carbocycles. The lowest BCUT2D eigenvalue weighted by molar-refractivity contribution is -0.140. The predicted octanol–water partition coefficient (Wildman–Crippen LogP) is 7.22. The van der Waals surface area contributed by atoms with E-state index in [2.05, 4.69) is 5.32 Å². The zero-order valence-electron chi connectivity index (χ0n) is 26.4. The predicted molar refractivity (Wildman–Crippen MR) is 186 cm³/mol. The highest BCUT2D eigenvalue weighted by Gasteiger charge is 2.35. The van der Waals surface area contributed by atoms with Crippen molar-refractivity contribution in [1.82, 2.24) is 10.2 Å². The zero-order chi connectivity index (χ0) is 33.4. The molecule has 242 valence electrons. The molecular formula is C36H39Cl2N3O4S. The van der Waals surface area contributed by atoms with Crippen molar-refractivity contribution in [2.24, 2.45) is 5.92 Å². The summed E-state index contributed by atoms with van der Waals surface area (Å²) in [5, 5.41) is 3.65. The van der Waals surface area contributed by atoms with Gasteiger partial charge >= 0.3 is 0 Å². The van der Waals surface area contributed by atoms with Crippen molar-refractivity contribution in [1.29, 1.82) is 0 Å². The highest BCUT2D eigenvalue weighted by atomic mass is 35.5. The van der Waals surface area contributed by atoms with Crippen LogP contribution in [-0.4, -0.2) is 44.3 Å². The fraction of sp³-hybridized carbons (Fsp3) is 0.278. The number of carbonyl (C=O) groups excluding carboxylic acids is 2. The number of halogens is 2. The van der Waals surface area contributed by atoms with Crippen LogP contribution in [0, 0.1) is 19.8 Å². The van der Waals surface area contributed by atoms with Gasteiger partial charge in [-0.2, -0.15) is 0 Å². The molecule has 0 aliphatic carbocycles. The van der Waals surface area contributed by atoms with E-state index in [1.54, 1.807) is 55.5 Å². The van der Waals surface area contributed by atoms with E-state index in [4.69, 9.17) is 23.2 Å². The van der Waals surface area contributed by atoms with Crippen molar-refractivity contribution in [3.05, 3.63) is 129 Å². The fourth-order valence-corrected chi connectivity index (χ4v) is 6.80. The molecule has 10 heteroatoms. The number of carbonyl (C=O) groups is 2. The Morgan fingerprint density at radius 2 is 1.46 bits per heavy atom. The van der Waals surface area contributed by atoms with Gasteiger partial charge in [0, 0.05) is 19.5 Å². The lowest BCUT2D eigenvalue weighted by Gasteiger charge is -2.34. The Balaban J connectivity index is 1.82. The monoisotopic (exact) mass is 679 g/mol. The Kier molecular flexibility index (Phi) is 11.9. The Hall–Kier alpha value is -3.85. The van der Waals surface area contributed by atoms with Gasteiger partial charge in [0.2, 0.25) is 11.8 Å². The van der Waals surface area contributed by atoms with E-state index in [9.17, 15) is 18.0 Å². The number of nitrogens with zero attached hydrogens (tertiary/aromatic N) is 2. The van der Waals surface area contributed by atoms with Gasteiger partial charge < -0.3 is 10.2 Å². The van der Waals surface area contributed by atoms with Crippen LogP contribution in [0.15, 0.2) is 102 Å². The van der Waals surface area contributed by atoms with Crippen LogP contribution < -0.4 is 9.62 Å². The SMILES string of the molecule is Cc1ccc(S(=O)(=O)N(CC(=O)N(Cc2ccc(Cl)c(Cl)c2)C(Cc2ccccc2)C(=O)NCC(C)C)c2ccccc2C)cc1. The average molecular weight is 681 g/mol. The van der Waals surface area contributed by atoms with Crippen molar-refractivity contribution >= 4 is 50.7 Å². The summed E-state index contributed by atoms with van der Waals surface area (Å²) in [5.41, 5.74) is 3.44. The minimum atomic E-state index is -4.19.